The number of hydrogen-bond acceptors (Lipinski definition) is 2. The molecular weight excluding hydrogens is 377 g/mol. The molecule has 0 atom stereocenters. The molecule has 0 radical (unpaired) electrons. The number of halogens is 1. The highest BCUT2D eigenvalue weighted by Gasteiger charge is 2.05. The van der Waals surface area contributed by atoms with Crippen LogP contribution >= 0.6 is 24.0 Å². The fraction of sp³-hybridized carbons (Fsp3) is 0.562. The summed E-state index contributed by atoms with van der Waals surface area (Å²) in [6.45, 7) is 7.43. The van der Waals surface area contributed by atoms with Gasteiger partial charge in [0.25, 0.3) is 0 Å². The maximum atomic E-state index is 5.32. The molecule has 4 nitrogen and oxygen atoms in total. The summed E-state index contributed by atoms with van der Waals surface area (Å²) in [5.74, 6) is 0.919. The Kier molecular flexibility index (Phi) is 11.3. The lowest BCUT2D eigenvalue weighted by Gasteiger charge is -2.22. The van der Waals surface area contributed by atoms with Gasteiger partial charge in [0.1, 0.15) is 0 Å². The second-order valence-corrected chi connectivity index (χ2v) is 4.87. The van der Waals surface area contributed by atoms with Gasteiger partial charge in [-0.1, -0.05) is 29.8 Å². The van der Waals surface area contributed by atoms with Crippen LogP contribution < -0.4 is 5.32 Å². The van der Waals surface area contributed by atoms with Crippen LogP contribution in [0.25, 0.3) is 0 Å². The van der Waals surface area contributed by atoms with Crippen LogP contribution in [0.1, 0.15) is 24.5 Å². The monoisotopic (exact) mass is 405 g/mol. The highest BCUT2D eigenvalue weighted by Crippen LogP contribution is 2.05. The van der Waals surface area contributed by atoms with E-state index in [4.69, 9.17) is 4.74 Å². The van der Waals surface area contributed by atoms with Crippen molar-refractivity contribution in [2.75, 3.05) is 33.9 Å². The molecule has 120 valence electrons. The average Bonchev–Trinajstić information content (AvgIpc) is 2.45. The third kappa shape index (κ3) is 8.26. The van der Waals surface area contributed by atoms with Crippen molar-refractivity contribution >= 4 is 29.9 Å². The minimum absolute atomic E-state index is 0. The van der Waals surface area contributed by atoms with Crippen molar-refractivity contribution in [2.24, 2.45) is 4.99 Å². The van der Waals surface area contributed by atoms with E-state index in [9.17, 15) is 0 Å². The summed E-state index contributed by atoms with van der Waals surface area (Å²) in [6, 6.07) is 8.60. The van der Waals surface area contributed by atoms with Crippen molar-refractivity contribution < 1.29 is 4.74 Å². The van der Waals surface area contributed by atoms with Crippen LogP contribution in [0.4, 0.5) is 0 Å². The molecule has 1 aromatic carbocycles. The van der Waals surface area contributed by atoms with Crippen molar-refractivity contribution in [1.82, 2.24) is 10.2 Å². The number of aryl methyl sites for hydroxylation is 1. The van der Waals surface area contributed by atoms with Gasteiger partial charge in [0.2, 0.25) is 0 Å². The van der Waals surface area contributed by atoms with Crippen molar-refractivity contribution in [3.63, 3.8) is 0 Å². The Labute approximate surface area is 146 Å². The number of nitrogens with zero attached hydrogens (tertiary/aromatic N) is 2. The van der Waals surface area contributed by atoms with Gasteiger partial charge in [0, 0.05) is 40.4 Å². The second-order valence-electron chi connectivity index (χ2n) is 4.87. The summed E-state index contributed by atoms with van der Waals surface area (Å²) in [7, 11) is 3.87. The zero-order chi connectivity index (χ0) is 14.8. The van der Waals surface area contributed by atoms with Crippen LogP contribution in [0.3, 0.4) is 0 Å². The molecule has 0 fully saturated rings. The zero-order valence-corrected chi connectivity index (χ0v) is 15.9. The number of benzene rings is 1. The molecule has 0 aliphatic heterocycles. The Bertz CT molecular complexity index is 406. The molecular formula is C16H28IN3O. The van der Waals surface area contributed by atoms with E-state index in [0.29, 0.717) is 0 Å². The topological polar surface area (TPSA) is 36.9 Å². The lowest BCUT2D eigenvalue weighted by Crippen LogP contribution is -2.39. The van der Waals surface area contributed by atoms with E-state index in [-0.39, 0.29) is 24.0 Å². The highest BCUT2D eigenvalue weighted by molar-refractivity contribution is 14.0. The average molecular weight is 405 g/mol. The smallest absolute Gasteiger partial charge is 0.193 e. The van der Waals surface area contributed by atoms with Crippen molar-refractivity contribution in [1.29, 1.82) is 0 Å². The van der Waals surface area contributed by atoms with Crippen LogP contribution in [0, 0.1) is 6.92 Å². The van der Waals surface area contributed by atoms with E-state index in [1.807, 2.05) is 14.0 Å². The van der Waals surface area contributed by atoms with Crippen molar-refractivity contribution in [3.8, 4) is 0 Å². The molecule has 0 saturated heterocycles. The number of aliphatic imine (C=N–C) groups is 1. The van der Waals surface area contributed by atoms with Crippen molar-refractivity contribution in [3.05, 3.63) is 35.4 Å². The molecule has 0 aromatic heterocycles. The van der Waals surface area contributed by atoms with Crippen LogP contribution in [0.2, 0.25) is 0 Å². The fourth-order valence-corrected chi connectivity index (χ4v) is 1.95. The first-order valence-electron chi connectivity index (χ1n) is 7.22. The Morgan fingerprint density at radius 3 is 2.52 bits per heavy atom. The Morgan fingerprint density at radius 1 is 1.29 bits per heavy atom. The van der Waals surface area contributed by atoms with Gasteiger partial charge in [-0.15, -0.1) is 24.0 Å². The minimum Gasteiger partial charge on any atom is -0.382 e. The summed E-state index contributed by atoms with van der Waals surface area (Å²) < 4.78 is 5.32. The lowest BCUT2D eigenvalue weighted by atomic mass is 10.1. The summed E-state index contributed by atoms with van der Waals surface area (Å²) in [6.07, 6.45) is 0.991. The van der Waals surface area contributed by atoms with E-state index >= 15 is 0 Å². The standard InChI is InChI=1S/C16H27N3O.HI/c1-5-20-12-6-11-18-16(17-3)19(4)13-15-9-7-14(2)8-10-15;/h7-10H,5-6,11-13H2,1-4H3,(H,17,18);1H. The van der Waals surface area contributed by atoms with Gasteiger partial charge in [-0.2, -0.15) is 0 Å². The predicted molar refractivity (Wildman–Crippen MR) is 101 cm³/mol. The summed E-state index contributed by atoms with van der Waals surface area (Å²) in [5, 5.41) is 3.36. The Balaban J connectivity index is 0.00000400. The molecule has 5 heteroatoms. The van der Waals surface area contributed by atoms with Crippen LogP contribution in [0.15, 0.2) is 29.3 Å². The Morgan fingerprint density at radius 2 is 1.95 bits per heavy atom. The molecule has 0 aliphatic carbocycles. The maximum absolute atomic E-state index is 5.32. The summed E-state index contributed by atoms with van der Waals surface area (Å²) in [5.41, 5.74) is 2.57. The molecule has 1 rings (SSSR count). The van der Waals surface area contributed by atoms with E-state index in [2.05, 4.69) is 53.4 Å². The molecule has 0 bridgehead atoms. The number of guanidine groups is 1. The van der Waals surface area contributed by atoms with Gasteiger partial charge in [-0.05, 0) is 25.8 Å². The molecule has 1 N–H and O–H groups in total. The maximum Gasteiger partial charge on any atom is 0.193 e. The van der Waals surface area contributed by atoms with E-state index in [1.54, 1.807) is 0 Å². The van der Waals surface area contributed by atoms with Gasteiger partial charge in [-0.25, -0.2) is 0 Å². The van der Waals surface area contributed by atoms with E-state index in [1.165, 1.54) is 11.1 Å². The first-order chi connectivity index (χ1) is 9.67. The molecule has 21 heavy (non-hydrogen) atoms. The lowest BCUT2D eigenvalue weighted by molar-refractivity contribution is 0.145. The molecule has 0 spiro atoms. The number of nitrogens with one attached hydrogen (secondary N) is 1. The molecule has 1 aromatic rings. The first-order valence-corrected chi connectivity index (χ1v) is 7.22. The number of hydrogen-bond donors (Lipinski definition) is 1. The first kappa shape index (κ1) is 20.2. The van der Waals surface area contributed by atoms with Gasteiger partial charge < -0.3 is 15.0 Å². The largest absolute Gasteiger partial charge is 0.382 e. The number of ether oxygens (including phenoxy) is 1. The van der Waals surface area contributed by atoms with Gasteiger partial charge in [0.15, 0.2) is 5.96 Å². The third-order valence-corrected chi connectivity index (χ3v) is 3.07. The fourth-order valence-electron chi connectivity index (χ4n) is 1.95. The Hall–Kier alpha value is -0.820. The van der Waals surface area contributed by atoms with E-state index in [0.717, 1.165) is 38.7 Å². The SMILES string of the molecule is CCOCCCNC(=NC)N(C)Cc1ccc(C)cc1.I. The molecule has 0 unspecified atom stereocenters. The third-order valence-electron chi connectivity index (χ3n) is 3.07. The molecule has 0 aliphatic rings. The quantitative estimate of drug-likeness (QED) is 0.328. The summed E-state index contributed by atoms with van der Waals surface area (Å²) in [4.78, 5) is 6.44. The van der Waals surface area contributed by atoms with Gasteiger partial charge >= 0.3 is 0 Å². The van der Waals surface area contributed by atoms with Gasteiger partial charge in [0.05, 0.1) is 0 Å². The number of rotatable bonds is 7. The second kappa shape index (κ2) is 11.8. The summed E-state index contributed by atoms with van der Waals surface area (Å²) >= 11 is 0. The molecule has 0 amide bonds. The highest BCUT2D eigenvalue weighted by atomic mass is 127. The molecule has 0 heterocycles. The van der Waals surface area contributed by atoms with Crippen molar-refractivity contribution in [2.45, 2.75) is 26.8 Å². The predicted octanol–water partition coefficient (Wildman–Crippen LogP) is 3.05. The zero-order valence-electron chi connectivity index (χ0n) is 13.6. The normalized spacial score (nSPS) is 11.0. The van der Waals surface area contributed by atoms with Crippen LogP contribution in [-0.2, 0) is 11.3 Å². The van der Waals surface area contributed by atoms with Gasteiger partial charge in [-0.3, -0.25) is 4.99 Å². The molecule has 0 saturated carbocycles. The minimum atomic E-state index is 0. The van der Waals surface area contributed by atoms with E-state index < -0.39 is 0 Å². The van der Waals surface area contributed by atoms with Crippen LogP contribution in [-0.4, -0.2) is 44.7 Å². The van der Waals surface area contributed by atoms with Crippen LogP contribution in [0.5, 0.6) is 0 Å².